The largest absolute Gasteiger partial charge is 0.476 e. The van der Waals surface area contributed by atoms with Crippen molar-refractivity contribution < 1.29 is 19.1 Å². The van der Waals surface area contributed by atoms with Crippen LogP contribution in [0.15, 0.2) is 22.7 Å². The molecular weight excluding hydrogens is 324 g/mol. The highest BCUT2D eigenvalue weighted by Gasteiger charge is 2.31. The molecule has 110 valence electrons. The summed E-state index contributed by atoms with van der Waals surface area (Å²) in [5.41, 5.74) is -0.626. The highest BCUT2D eigenvalue weighted by molar-refractivity contribution is 9.10. The fourth-order valence-electron chi connectivity index (χ4n) is 1.53. The molecule has 0 saturated carbocycles. The van der Waals surface area contributed by atoms with Crippen molar-refractivity contribution >= 4 is 28.2 Å². The average Bonchev–Trinajstić information content (AvgIpc) is 2.37. The summed E-state index contributed by atoms with van der Waals surface area (Å²) in [5, 5.41) is 0. The molecule has 0 amide bonds. The summed E-state index contributed by atoms with van der Waals surface area (Å²) in [7, 11) is 0. The normalized spacial score (nSPS) is 11.0. The second-order valence-electron chi connectivity index (χ2n) is 4.94. The number of hydrogen-bond donors (Lipinski definition) is 0. The zero-order chi connectivity index (χ0) is 15.2. The predicted molar refractivity (Wildman–Crippen MR) is 80.1 cm³/mol. The molecule has 0 N–H and O–H groups in total. The van der Waals surface area contributed by atoms with Crippen LogP contribution in [0.2, 0.25) is 0 Å². The molecule has 0 saturated heterocycles. The van der Waals surface area contributed by atoms with Crippen LogP contribution in [0.25, 0.3) is 0 Å². The van der Waals surface area contributed by atoms with Crippen LogP contribution in [0.1, 0.15) is 44.0 Å². The number of halogens is 1. The summed E-state index contributed by atoms with van der Waals surface area (Å²) in [6, 6.07) is 4.96. The first-order valence-electron chi connectivity index (χ1n) is 6.51. The van der Waals surface area contributed by atoms with E-state index >= 15 is 0 Å². The molecule has 0 heterocycles. The van der Waals surface area contributed by atoms with Gasteiger partial charge in [-0.25, -0.2) is 4.79 Å². The molecule has 1 rings (SSSR count). The van der Waals surface area contributed by atoms with Crippen LogP contribution in [0.3, 0.4) is 0 Å². The summed E-state index contributed by atoms with van der Waals surface area (Å²) in [5.74, 6) is 0.0255. The number of carbonyl (C=O) groups is 2. The quantitative estimate of drug-likeness (QED) is 0.430. The van der Waals surface area contributed by atoms with Crippen molar-refractivity contribution in [1.82, 2.24) is 0 Å². The first kappa shape index (κ1) is 16.7. The van der Waals surface area contributed by atoms with Gasteiger partial charge in [0.05, 0.1) is 6.61 Å². The van der Waals surface area contributed by atoms with E-state index in [1.54, 1.807) is 32.0 Å². The minimum Gasteiger partial charge on any atom is -0.476 e. The zero-order valence-corrected chi connectivity index (χ0v) is 13.5. The monoisotopic (exact) mass is 342 g/mol. The minimum absolute atomic E-state index is 0.389. The van der Waals surface area contributed by atoms with Crippen LogP contribution in [0, 0.1) is 0 Å². The highest BCUT2D eigenvalue weighted by Crippen LogP contribution is 2.25. The summed E-state index contributed by atoms with van der Waals surface area (Å²) in [6.45, 7) is 5.70. The van der Waals surface area contributed by atoms with Gasteiger partial charge in [-0.15, -0.1) is 0 Å². The Morgan fingerprint density at radius 2 is 2.05 bits per heavy atom. The molecule has 0 spiro atoms. The molecule has 20 heavy (non-hydrogen) atoms. The lowest BCUT2D eigenvalue weighted by atomic mass is 10.1. The molecule has 4 nitrogen and oxygen atoms in total. The second-order valence-corrected chi connectivity index (χ2v) is 5.86. The zero-order valence-electron chi connectivity index (χ0n) is 11.9. The molecule has 5 heteroatoms. The van der Waals surface area contributed by atoms with Crippen molar-refractivity contribution in [3.05, 3.63) is 28.2 Å². The third kappa shape index (κ3) is 4.96. The van der Waals surface area contributed by atoms with Gasteiger partial charge >= 0.3 is 5.97 Å². The number of unbranched alkanes of at least 4 members (excludes halogenated alkanes) is 1. The van der Waals surface area contributed by atoms with Crippen LogP contribution in [-0.4, -0.2) is 24.5 Å². The molecule has 0 aliphatic heterocycles. The van der Waals surface area contributed by atoms with Gasteiger partial charge in [0.15, 0.2) is 5.60 Å². The Kier molecular flexibility index (Phi) is 6.20. The Balaban J connectivity index is 2.76. The van der Waals surface area contributed by atoms with E-state index < -0.39 is 11.6 Å². The average molecular weight is 343 g/mol. The molecule has 0 fully saturated rings. The lowest BCUT2D eigenvalue weighted by Crippen LogP contribution is -2.39. The van der Waals surface area contributed by atoms with E-state index in [0.29, 0.717) is 22.4 Å². The maximum absolute atomic E-state index is 12.0. The first-order valence-corrected chi connectivity index (χ1v) is 7.30. The van der Waals surface area contributed by atoms with Crippen LogP contribution in [-0.2, 0) is 9.53 Å². The van der Waals surface area contributed by atoms with Gasteiger partial charge in [0, 0.05) is 10.0 Å². The van der Waals surface area contributed by atoms with Gasteiger partial charge in [-0.2, -0.15) is 0 Å². The van der Waals surface area contributed by atoms with Gasteiger partial charge < -0.3 is 9.47 Å². The molecule has 0 aromatic heterocycles. The van der Waals surface area contributed by atoms with Crippen molar-refractivity contribution in [2.24, 2.45) is 0 Å². The van der Waals surface area contributed by atoms with Gasteiger partial charge in [-0.05, 0) is 38.5 Å². The van der Waals surface area contributed by atoms with Crippen LogP contribution in [0.4, 0.5) is 0 Å². The van der Waals surface area contributed by atoms with E-state index in [2.05, 4.69) is 15.9 Å². The number of rotatable bonds is 7. The molecule has 0 unspecified atom stereocenters. The maximum atomic E-state index is 12.0. The molecule has 1 aromatic rings. The topological polar surface area (TPSA) is 52.6 Å². The van der Waals surface area contributed by atoms with E-state index in [4.69, 9.17) is 9.47 Å². The van der Waals surface area contributed by atoms with E-state index in [1.165, 1.54) is 0 Å². The van der Waals surface area contributed by atoms with Crippen LogP contribution in [0.5, 0.6) is 5.75 Å². The van der Waals surface area contributed by atoms with E-state index in [0.717, 1.165) is 19.1 Å². The van der Waals surface area contributed by atoms with Crippen LogP contribution < -0.4 is 4.74 Å². The van der Waals surface area contributed by atoms with Crippen molar-refractivity contribution in [3.63, 3.8) is 0 Å². The lowest BCUT2D eigenvalue weighted by molar-refractivity contribution is -0.159. The number of hydrogen-bond acceptors (Lipinski definition) is 4. The number of esters is 1. The van der Waals surface area contributed by atoms with Crippen LogP contribution >= 0.6 is 15.9 Å². The van der Waals surface area contributed by atoms with Gasteiger partial charge in [0.2, 0.25) is 0 Å². The predicted octanol–water partition coefficient (Wildman–Crippen LogP) is 3.76. The highest BCUT2D eigenvalue weighted by atomic mass is 79.9. The fraction of sp³-hybridized carbons (Fsp3) is 0.467. The molecule has 0 bridgehead atoms. The summed E-state index contributed by atoms with van der Waals surface area (Å²) in [6.07, 6.45) is 2.51. The van der Waals surface area contributed by atoms with E-state index in [9.17, 15) is 9.59 Å². The SMILES string of the molecule is CCCCOC(=O)C(C)(C)Oc1cc(Br)cc(C=O)c1. The molecule has 1 aromatic carbocycles. The van der Waals surface area contributed by atoms with Gasteiger partial charge in [0.25, 0.3) is 0 Å². The lowest BCUT2D eigenvalue weighted by Gasteiger charge is -2.24. The molecule has 0 atom stereocenters. The van der Waals surface area contributed by atoms with E-state index in [-0.39, 0.29) is 0 Å². The minimum atomic E-state index is -1.10. The van der Waals surface area contributed by atoms with Gasteiger partial charge in [-0.1, -0.05) is 29.3 Å². The van der Waals surface area contributed by atoms with Gasteiger partial charge in [-0.3, -0.25) is 4.79 Å². The summed E-state index contributed by atoms with van der Waals surface area (Å²) < 4.78 is 11.5. The number of aldehydes is 1. The Hall–Kier alpha value is -1.36. The Morgan fingerprint density at radius 3 is 2.65 bits per heavy atom. The molecule has 0 aliphatic rings. The molecular formula is C15H19BrO4. The summed E-state index contributed by atoms with van der Waals surface area (Å²) >= 11 is 3.29. The Labute approximate surface area is 127 Å². The number of ether oxygens (including phenoxy) is 2. The third-order valence-electron chi connectivity index (χ3n) is 2.63. The Bertz CT molecular complexity index is 483. The van der Waals surface area contributed by atoms with Crippen molar-refractivity contribution in [2.45, 2.75) is 39.2 Å². The van der Waals surface area contributed by atoms with Crippen molar-refractivity contribution in [1.29, 1.82) is 0 Å². The molecule has 0 radical (unpaired) electrons. The molecule has 0 aliphatic carbocycles. The Morgan fingerprint density at radius 1 is 1.35 bits per heavy atom. The van der Waals surface area contributed by atoms with Gasteiger partial charge in [0.1, 0.15) is 12.0 Å². The second kappa shape index (κ2) is 7.43. The third-order valence-corrected chi connectivity index (χ3v) is 3.08. The number of carbonyl (C=O) groups excluding carboxylic acids is 2. The number of benzene rings is 1. The van der Waals surface area contributed by atoms with E-state index in [1.807, 2.05) is 6.92 Å². The van der Waals surface area contributed by atoms with Crippen molar-refractivity contribution in [3.8, 4) is 5.75 Å². The summed E-state index contributed by atoms with van der Waals surface area (Å²) in [4.78, 5) is 22.8. The fourth-order valence-corrected chi connectivity index (χ4v) is 2.02. The first-order chi connectivity index (χ1) is 9.39. The standard InChI is InChI=1S/C15H19BrO4/c1-4-5-6-19-14(18)15(2,3)20-13-8-11(10-17)7-12(16)9-13/h7-10H,4-6H2,1-3H3. The van der Waals surface area contributed by atoms with Crippen molar-refractivity contribution in [2.75, 3.05) is 6.61 Å². The maximum Gasteiger partial charge on any atom is 0.349 e. The smallest absolute Gasteiger partial charge is 0.349 e.